The van der Waals surface area contributed by atoms with Crippen molar-refractivity contribution in [2.24, 2.45) is 5.92 Å². The zero-order valence-electron chi connectivity index (χ0n) is 12.3. The zero-order chi connectivity index (χ0) is 12.8. The molecule has 0 amide bonds. The van der Waals surface area contributed by atoms with E-state index in [4.69, 9.17) is 0 Å². The number of nitrogens with one attached hydrogen (secondary N) is 1. The summed E-state index contributed by atoms with van der Waals surface area (Å²) in [6.07, 6.45) is 10.6. The molecule has 1 fully saturated rings. The highest BCUT2D eigenvalue weighted by atomic mass is 15.2. The van der Waals surface area contributed by atoms with Crippen molar-refractivity contribution in [2.45, 2.75) is 58.4 Å². The lowest BCUT2D eigenvalue weighted by molar-refractivity contribution is 0.247. The Balaban J connectivity index is 1.78. The van der Waals surface area contributed by atoms with Crippen LogP contribution in [0.2, 0.25) is 0 Å². The number of allylic oxidation sites excluding steroid dienone is 1. The lowest BCUT2D eigenvalue weighted by Crippen LogP contribution is -2.41. The van der Waals surface area contributed by atoms with Gasteiger partial charge in [-0.1, -0.05) is 25.5 Å². The predicted octanol–water partition coefficient (Wildman–Crippen LogP) is 3.20. The Morgan fingerprint density at radius 2 is 2.22 bits per heavy atom. The quantitative estimate of drug-likeness (QED) is 0.771. The first-order valence-electron chi connectivity index (χ1n) is 7.89. The second-order valence-electron chi connectivity index (χ2n) is 6.32. The largest absolute Gasteiger partial charge is 0.312 e. The van der Waals surface area contributed by atoms with Crippen LogP contribution in [-0.4, -0.2) is 37.1 Å². The van der Waals surface area contributed by atoms with E-state index in [2.05, 4.69) is 30.1 Å². The first-order valence-corrected chi connectivity index (χ1v) is 7.89. The van der Waals surface area contributed by atoms with E-state index in [1.165, 1.54) is 64.7 Å². The maximum absolute atomic E-state index is 3.69. The van der Waals surface area contributed by atoms with E-state index in [-0.39, 0.29) is 0 Å². The Morgan fingerprint density at radius 3 is 2.94 bits per heavy atom. The summed E-state index contributed by atoms with van der Waals surface area (Å²) < 4.78 is 0. The van der Waals surface area contributed by atoms with Gasteiger partial charge < -0.3 is 10.2 Å². The minimum absolute atomic E-state index is 0.688. The summed E-state index contributed by atoms with van der Waals surface area (Å²) in [6, 6.07) is 0.688. The predicted molar refractivity (Wildman–Crippen MR) is 78.9 cm³/mol. The molecule has 18 heavy (non-hydrogen) atoms. The molecule has 1 aliphatic carbocycles. The highest BCUT2D eigenvalue weighted by Crippen LogP contribution is 2.20. The second-order valence-corrected chi connectivity index (χ2v) is 6.32. The van der Waals surface area contributed by atoms with Gasteiger partial charge in [-0.05, 0) is 57.5 Å². The van der Waals surface area contributed by atoms with Gasteiger partial charge in [0.15, 0.2) is 0 Å². The molecule has 0 aromatic carbocycles. The summed E-state index contributed by atoms with van der Waals surface area (Å²) in [6.45, 7) is 9.67. The average molecular weight is 250 g/mol. The van der Waals surface area contributed by atoms with E-state index in [1.807, 2.05) is 0 Å². The van der Waals surface area contributed by atoms with E-state index < -0.39 is 0 Å². The number of rotatable bonds is 4. The molecule has 0 radical (unpaired) electrons. The highest BCUT2D eigenvalue weighted by molar-refractivity contribution is 5.05. The lowest BCUT2D eigenvalue weighted by atomic mass is 9.97. The van der Waals surface area contributed by atoms with Gasteiger partial charge in [0, 0.05) is 19.1 Å². The molecule has 1 N–H and O–H groups in total. The molecule has 1 unspecified atom stereocenters. The molecular formula is C16H30N2. The molecule has 0 saturated carbocycles. The van der Waals surface area contributed by atoms with E-state index in [9.17, 15) is 0 Å². The van der Waals surface area contributed by atoms with Gasteiger partial charge in [-0.2, -0.15) is 0 Å². The van der Waals surface area contributed by atoms with Crippen molar-refractivity contribution in [1.82, 2.24) is 10.2 Å². The number of hydrogen-bond donors (Lipinski definition) is 1. The number of hydrogen-bond acceptors (Lipinski definition) is 2. The molecule has 1 atom stereocenters. The average Bonchev–Trinajstić information content (AvgIpc) is 2.63. The maximum Gasteiger partial charge on any atom is 0.0217 e. The van der Waals surface area contributed by atoms with Gasteiger partial charge >= 0.3 is 0 Å². The normalized spacial score (nSPS) is 27.1. The Labute approximate surface area is 113 Å². The van der Waals surface area contributed by atoms with Crippen molar-refractivity contribution < 1.29 is 0 Å². The van der Waals surface area contributed by atoms with Crippen LogP contribution in [0.1, 0.15) is 52.4 Å². The van der Waals surface area contributed by atoms with Crippen molar-refractivity contribution in [1.29, 1.82) is 0 Å². The van der Waals surface area contributed by atoms with Gasteiger partial charge in [0.25, 0.3) is 0 Å². The fraction of sp³-hybridized carbons (Fsp3) is 0.875. The molecule has 2 nitrogen and oxygen atoms in total. The molecule has 0 aromatic rings. The molecule has 0 bridgehead atoms. The van der Waals surface area contributed by atoms with Crippen LogP contribution in [0.25, 0.3) is 0 Å². The standard InChI is InChI=1S/C16H30N2/c1-14(2)16-13-18(11-6-10-17-16)12-9-15-7-4-3-5-8-15/h7,14,16-17H,3-6,8-13H2,1-2H3. The van der Waals surface area contributed by atoms with Gasteiger partial charge in [0.05, 0.1) is 0 Å². The van der Waals surface area contributed by atoms with Crippen molar-refractivity contribution in [3.63, 3.8) is 0 Å². The monoisotopic (exact) mass is 250 g/mol. The molecular weight excluding hydrogens is 220 g/mol. The molecule has 1 saturated heterocycles. The van der Waals surface area contributed by atoms with Crippen LogP contribution >= 0.6 is 0 Å². The third-order valence-corrected chi connectivity index (χ3v) is 4.45. The van der Waals surface area contributed by atoms with E-state index >= 15 is 0 Å². The van der Waals surface area contributed by atoms with Gasteiger partial charge in [-0.25, -0.2) is 0 Å². The van der Waals surface area contributed by atoms with Crippen molar-refractivity contribution in [3.8, 4) is 0 Å². The minimum Gasteiger partial charge on any atom is -0.312 e. The third kappa shape index (κ3) is 4.40. The van der Waals surface area contributed by atoms with Gasteiger partial charge in [0.1, 0.15) is 0 Å². The topological polar surface area (TPSA) is 15.3 Å². The first-order chi connectivity index (χ1) is 8.75. The fourth-order valence-corrected chi connectivity index (χ4v) is 3.11. The fourth-order valence-electron chi connectivity index (χ4n) is 3.11. The van der Waals surface area contributed by atoms with Crippen LogP contribution < -0.4 is 5.32 Å². The molecule has 0 aromatic heterocycles. The van der Waals surface area contributed by atoms with Gasteiger partial charge in [0.2, 0.25) is 0 Å². The van der Waals surface area contributed by atoms with Crippen molar-refractivity contribution in [2.75, 3.05) is 26.2 Å². The summed E-state index contributed by atoms with van der Waals surface area (Å²) in [5.41, 5.74) is 1.72. The first kappa shape index (κ1) is 14.1. The molecule has 1 heterocycles. The van der Waals surface area contributed by atoms with E-state index in [0.717, 1.165) is 5.92 Å². The Hall–Kier alpha value is -0.340. The Kier molecular flexibility index (Phi) is 5.71. The van der Waals surface area contributed by atoms with Crippen LogP contribution in [-0.2, 0) is 0 Å². The minimum atomic E-state index is 0.688. The Bertz CT molecular complexity index is 270. The third-order valence-electron chi connectivity index (χ3n) is 4.45. The summed E-state index contributed by atoms with van der Waals surface area (Å²) in [5, 5.41) is 3.69. The summed E-state index contributed by atoms with van der Waals surface area (Å²) in [5.74, 6) is 0.750. The zero-order valence-corrected chi connectivity index (χ0v) is 12.3. The lowest BCUT2D eigenvalue weighted by Gasteiger charge is -2.27. The van der Waals surface area contributed by atoms with Crippen LogP contribution in [0.5, 0.6) is 0 Å². The van der Waals surface area contributed by atoms with Crippen molar-refractivity contribution >= 4 is 0 Å². The summed E-state index contributed by atoms with van der Waals surface area (Å²) in [4.78, 5) is 2.68. The summed E-state index contributed by atoms with van der Waals surface area (Å²) in [7, 11) is 0. The van der Waals surface area contributed by atoms with Crippen molar-refractivity contribution in [3.05, 3.63) is 11.6 Å². The molecule has 1 aliphatic heterocycles. The van der Waals surface area contributed by atoms with Crippen LogP contribution in [0.4, 0.5) is 0 Å². The van der Waals surface area contributed by atoms with Gasteiger partial charge in [-0.3, -0.25) is 0 Å². The van der Waals surface area contributed by atoms with Gasteiger partial charge in [-0.15, -0.1) is 0 Å². The molecule has 2 rings (SSSR count). The molecule has 104 valence electrons. The molecule has 0 spiro atoms. The van der Waals surface area contributed by atoms with E-state index in [1.54, 1.807) is 5.57 Å². The maximum atomic E-state index is 3.69. The molecule has 2 aliphatic rings. The number of nitrogens with zero attached hydrogens (tertiary/aromatic N) is 1. The second kappa shape index (κ2) is 7.30. The molecule has 2 heteroatoms. The smallest absolute Gasteiger partial charge is 0.0217 e. The van der Waals surface area contributed by atoms with Crippen LogP contribution in [0.3, 0.4) is 0 Å². The Morgan fingerprint density at radius 1 is 1.33 bits per heavy atom. The van der Waals surface area contributed by atoms with E-state index in [0.29, 0.717) is 6.04 Å². The van der Waals surface area contributed by atoms with Crippen LogP contribution in [0, 0.1) is 5.92 Å². The highest BCUT2D eigenvalue weighted by Gasteiger charge is 2.20. The summed E-state index contributed by atoms with van der Waals surface area (Å²) >= 11 is 0. The SMILES string of the molecule is CC(C)C1CN(CCC2=CCCCC2)CCCN1. The van der Waals surface area contributed by atoms with Crippen LogP contribution in [0.15, 0.2) is 11.6 Å².